The largest absolute Gasteiger partial charge is 0.387 e. The number of fused-ring (bicyclic) bond motifs is 1. The number of halogens is 2. The van der Waals surface area contributed by atoms with E-state index < -0.39 is 17.7 Å². The Bertz CT molecular complexity index is 591. The number of hydrogen-bond acceptors (Lipinski definition) is 3. The van der Waals surface area contributed by atoms with Crippen LogP contribution < -0.4 is 0 Å². The molecule has 1 aliphatic rings. The standard InChI is InChI=1S/C14H13F2NOS/c15-9-4-8(5-10(16)7-9)6-13-17-14-11(18)2-1-3-12(14)19-13/h4-5,7,11,18H,1-3,6H2. The lowest BCUT2D eigenvalue weighted by molar-refractivity contribution is 0.153. The lowest BCUT2D eigenvalue weighted by Gasteiger charge is -2.14. The molecule has 1 N–H and O–H groups in total. The van der Waals surface area contributed by atoms with Crippen LogP contribution in [0.15, 0.2) is 18.2 Å². The number of rotatable bonds is 2. The number of nitrogens with zero attached hydrogens (tertiary/aromatic N) is 1. The second-order valence-corrected chi connectivity index (χ2v) is 5.95. The predicted molar refractivity (Wildman–Crippen MR) is 69.2 cm³/mol. The molecule has 1 atom stereocenters. The Hall–Kier alpha value is -1.33. The first kappa shape index (κ1) is 12.7. The van der Waals surface area contributed by atoms with E-state index in [-0.39, 0.29) is 0 Å². The molecule has 0 aliphatic heterocycles. The molecule has 0 saturated heterocycles. The molecule has 100 valence electrons. The van der Waals surface area contributed by atoms with Crippen molar-refractivity contribution in [1.29, 1.82) is 0 Å². The zero-order chi connectivity index (χ0) is 13.4. The molecule has 0 amide bonds. The van der Waals surface area contributed by atoms with Gasteiger partial charge in [0.25, 0.3) is 0 Å². The Labute approximate surface area is 113 Å². The van der Waals surface area contributed by atoms with E-state index in [0.717, 1.165) is 40.9 Å². The molecule has 1 aliphatic carbocycles. The fourth-order valence-electron chi connectivity index (χ4n) is 2.41. The van der Waals surface area contributed by atoms with Crippen LogP contribution in [-0.4, -0.2) is 10.1 Å². The van der Waals surface area contributed by atoms with Gasteiger partial charge in [0.15, 0.2) is 0 Å². The third-order valence-electron chi connectivity index (χ3n) is 3.25. The van der Waals surface area contributed by atoms with Gasteiger partial charge in [0, 0.05) is 17.4 Å². The van der Waals surface area contributed by atoms with Gasteiger partial charge >= 0.3 is 0 Å². The smallest absolute Gasteiger partial charge is 0.126 e. The van der Waals surface area contributed by atoms with Gasteiger partial charge < -0.3 is 5.11 Å². The van der Waals surface area contributed by atoms with Crippen molar-refractivity contribution in [3.63, 3.8) is 0 Å². The molecule has 1 heterocycles. The van der Waals surface area contributed by atoms with Crippen molar-refractivity contribution >= 4 is 11.3 Å². The van der Waals surface area contributed by atoms with Crippen LogP contribution in [0, 0.1) is 11.6 Å². The summed E-state index contributed by atoms with van der Waals surface area (Å²) in [6.07, 6.45) is 2.55. The van der Waals surface area contributed by atoms with Crippen molar-refractivity contribution in [3.8, 4) is 0 Å². The molecule has 0 bridgehead atoms. The van der Waals surface area contributed by atoms with Gasteiger partial charge in [-0.25, -0.2) is 13.8 Å². The first-order chi connectivity index (χ1) is 9.11. The molecule has 0 spiro atoms. The molecular formula is C14H13F2NOS. The predicted octanol–water partition coefficient (Wildman–Crippen LogP) is 3.38. The summed E-state index contributed by atoms with van der Waals surface area (Å²) in [5.74, 6) is -1.15. The van der Waals surface area contributed by atoms with E-state index in [1.165, 1.54) is 23.5 Å². The van der Waals surface area contributed by atoms with Gasteiger partial charge in [-0.3, -0.25) is 0 Å². The number of aliphatic hydroxyl groups is 1. The van der Waals surface area contributed by atoms with Crippen molar-refractivity contribution < 1.29 is 13.9 Å². The fraction of sp³-hybridized carbons (Fsp3) is 0.357. The van der Waals surface area contributed by atoms with Gasteiger partial charge in [-0.15, -0.1) is 11.3 Å². The maximum absolute atomic E-state index is 13.1. The number of aromatic nitrogens is 1. The van der Waals surface area contributed by atoms with Crippen molar-refractivity contribution in [3.05, 3.63) is 51.0 Å². The van der Waals surface area contributed by atoms with E-state index in [2.05, 4.69) is 4.98 Å². The van der Waals surface area contributed by atoms with E-state index >= 15 is 0 Å². The van der Waals surface area contributed by atoms with Crippen LogP contribution in [0.4, 0.5) is 8.78 Å². The number of aliphatic hydroxyl groups excluding tert-OH is 1. The van der Waals surface area contributed by atoms with Gasteiger partial charge in [0.05, 0.1) is 16.8 Å². The molecule has 1 aromatic carbocycles. The van der Waals surface area contributed by atoms with Gasteiger partial charge in [0.2, 0.25) is 0 Å². The van der Waals surface area contributed by atoms with Crippen LogP contribution in [-0.2, 0) is 12.8 Å². The lowest BCUT2D eigenvalue weighted by Crippen LogP contribution is -2.07. The maximum atomic E-state index is 13.1. The van der Waals surface area contributed by atoms with Crippen LogP contribution in [0.25, 0.3) is 0 Å². The van der Waals surface area contributed by atoms with Crippen molar-refractivity contribution in [1.82, 2.24) is 4.98 Å². The molecular weight excluding hydrogens is 268 g/mol. The average Bonchev–Trinajstić information content (AvgIpc) is 2.71. The summed E-state index contributed by atoms with van der Waals surface area (Å²) in [5, 5.41) is 10.7. The maximum Gasteiger partial charge on any atom is 0.126 e. The molecule has 2 nitrogen and oxygen atoms in total. The Balaban J connectivity index is 1.87. The molecule has 1 aromatic heterocycles. The van der Waals surface area contributed by atoms with Crippen LogP contribution in [0.2, 0.25) is 0 Å². The van der Waals surface area contributed by atoms with Crippen LogP contribution in [0.1, 0.15) is 40.1 Å². The van der Waals surface area contributed by atoms with E-state index in [1.54, 1.807) is 0 Å². The van der Waals surface area contributed by atoms with Crippen LogP contribution in [0.3, 0.4) is 0 Å². The molecule has 0 saturated carbocycles. The minimum Gasteiger partial charge on any atom is -0.387 e. The number of thiazole rings is 1. The minimum absolute atomic E-state index is 0.402. The van der Waals surface area contributed by atoms with Crippen LogP contribution in [0.5, 0.6) is 0 Å². The monoisotopic (exact) mass is 281 g/mol. The third-order valence-corrected chi connectivity index (χ3v) is 4.38. The SMILES string of the molecule is OC1CCCc2sc(Cc3cc(F)cc(F)c3)nc21. The first-order valence-electron chi connectivity index (χ1n) is 6.23. The topological polar surface area (TPSA) is 33.1 Å². The van der Waals surface area contributed by atoms with Crippen molar-refractivity contribution in [2.45, 2.75) is 31.8 Å². The third kappa shape index (κ3) is 2.67. The highest BCUT2D eigenvalue weighted by Crippen LogP contribution is 2.33. The summed E-state index contributed by atoms with van der Waals surface area (Å²) in [5.41, 5.74) is 1.32. The summed E-state index contributed by atoms with van der Waals surface area (Å²) in [6, 6.07) is 3.50. The highest BCUT2D eigenvalue weighted by molar-refractivity contribution is 7.11. The number of hydrogen-bond donors (Lipinski definition) is 1. The van der Waals surface area contributed by atoms with Crippen molar-refractivity contribution in [2.24, 2.45) is 0 Å². The van der Waals surface area contributed by atoms with Gasteiger partial charge in [-0.2, -0.15) is 0 Å². The van der Waals surface area contributed by atoms with Gasteiger partial charge in [-0.1, -0.05) is 0 Å². The zero-order valence-electron chi connectivity index (χ0n) is 10.2. The van der Waals surface area contributed by atoms with Gasteiger partial charge in [0.1, 0.15) is 11.6 Å². The highest BCUT2D eigenvalue weighted by atomic mass is 32.1. The van der Waals surface area contributed by atoms with Crippen molar-refractivity contribution in [2.75, 3.05) is 0 Å². The quantitative estimate of drug-likeness (QED) is 0.915. The van der Waals surface area contributed by atoms with Crippen LogP contribution >= 0.6 is 11.3 Å². The number of benzene rings is 1. The van der Waals surface area contributed by atoms with E-state index in [4.69, 9.17) is 0 Å². The number of aryl methyl sites for hydroxylation is 1. The summed E-state index contributed by atoms with van der Waals surface area (Å²) >= 11 is 1.53. The van der Waals surface area contributed by atoms with Gasteiger partial charge in [-0.05, 0) is 37.0 Å². The molecule has 5 heteroatoms. The average molecular weight is 281 g/mol. The summed E-state index contributed by atoms with van der Waals surface area (Å²) in [4.78, 5) is 5.51. The lowest BCUT2D eigenvalue weighted by atomic mass is 10.0. The van der Waals surface area contributed by atoms with E-state index in [1.807, 2.05) is 0 Å². The first-order valence-corrected chi connectivity index (χ1v) is 7.05. The molecule has 19 heavy (non-hydrogen) atoms. The second kappa shape index (κ2) is 4.98. The Morgan fingerprint density at radius 2 is 2.00 bits per heavy atom. The summed E-state index contributed by atoms with van der Waals surface area (Å²) in [6.45, 7) is 0. The van der Waals surface area contributed by atoms with E-state index in [0.29, 0.717) is 12.0 Å². The summed E-state index contributed by atoms with van der Waals surface area (Å²) < 4.78 is 26.2. The fourth-order valence-corrected chi connectivity index (χ4v) is 3.61. The Morgan fingerprint density at radius 1 is 1.26 bits per heavy atom. The summed E-state index contributed by atoms with van der Waals surface area (Å²) in [7, 11) is 0. The Morgan fingerprint density at radius 3 is 2.68 bits per heavy atom. The Kier molecular flexibility index (Phi) is 3.33. The molecule has 0 fully saturated rings. The zero-order valence-corrected chi connectivity index (χ0v) is 11.0. The minimum atomic E-state index is -0.573. The normalized spacial score (nSPS) is 18.4. The molecule has 3 rings (SSSR count). The second-order valence-electron chi connectivity index (χ2n) is 4.78. The molecule has 0 radical (unpaired) electrons. The molecule has 2 aromatic rings. The molecule has 1 unspecified atom stereocenters. The highest BCUT2D eigenvalue weighted by Gasteiger charge is 2.22. The van der Waals surface area contributed by atoms with E-state index in [9.17, 15) is 13.9 Å².